The number of rotatable bonds is 3. The summed E-state index contributed by atoms with van der Waals surface area (Å²) in [6.07, 6.45) is 2.18. The van der Waals surface area contributed by atoms with Crippen LogP contribution in [0.25, 0.3) is 0 Å². The molecule has 2 rings (SSSR count). The van der Waals surface area contributed by atoms with E-state index in [1.165, 1.54) is 0 Å². The van der Waals surface area contributed by atoms with Gasteiger partial charge in [0, 0.05) is 11.2 Å². The highest BCUT2D eigenvalue weighted by molar-refractivity contribution is 9.09. The van der Waals surface area contributed by atoms with E-state index in [0.717, 1.165) is 12.8 Å². The van der Waals surface area contributed by atoms with Crippen LogP contribution in [-0.4, -0.2) is 28.7 Å². The lowest BCUT2D eigenvalue weighted by molar-refractivity contribution is -0.0886. The van der Waals surface area contributed by atoms with E-state index < -0.39 is 0 Å². The number of halogens is 1. The summed E-state index contributed by atoms with van der Waals surface area (Å²) in [5.41, 5.74) is -0.201. The van der Waals surface area contributed by atoms with E-state index in [0.29, 0.717) is 17.4 Å². The lowest BCUT2D eigenvalue weighted by Crippen LogP contribution is -2.45. The Morgan fingerprint density at radius 3 is 2.71 bits per heavy atom. The Balaban J connectivity index is 2.12. The molecule has 2 bridgehead atoms. The van der Waals surface area contributed by atoms with Gasteiger partial charge in [0.25, 0.3) is 0 Å². The summed E-state index contributed by atoms with van der Waals surface area (Å²) in [4.78, 5) is 0.442. The summed E-state index contributed by atoms with van der Waals surface area (Å²) >= 11 is 3.79. The Bertz CT molecular complexity index is 357. The van der Waals surface area contributed by atoms with Crippen LogP contribution in [0, 0.1) is 17.8 Å². The Morgan fingerprint density at radius 1 is 1.47 bits per heavy atom. The molecule has 3 heteroatoms. The van der Waals surface area contributed by atoms with Crippen LogP contribution in [0.3, 0.4) is 0 Å². The second kappa shape index (κ2) is 4.57. The zero-order chi connectivity index (χ0) is 12.7. The number of hydrogen-bond acceptors (Lipinski definition) is 2. The first-order valence-electron chi connectivity index (χ1n) is 6.30. The highest BCUT2D eigenvalue weighted by atomic mass is 79.9. The molecule has 0 aromatic heterocycles. The molecule has 96 valence electrons. The maximum absolute atomic E-state index is 6.34. The maximum atomic E-state index is 6.34. The van der Waals surface area contributed by atoms with Crippen LogP contribution < -0.4 is 0 Å². The van der Waals surface area contributed by atoms with Gasteiger partial charge in [0.15, 0.2) is 0 Å². The molecule has 2 aliphatic rings. The van der Waals surface area contributed by atoms with Gasteiger partial charge >= 0.3 is 0 Å². The summed E-state index contributed by atoms with van der Waals surface area (Å²) < 4.78 is 12.2. The molecule has 0 aromatic carbocycles. The minimum Gasteiger partial charge on any atom is -0.365 e. The average molecular weight is 301 g/mol. The van der Waals surface area contributed by atoms with E-state index in [1.54, 1.807) is 0 Å². The van der Waals surface area contributed by atoms with Gasteiger partial charge in [0.05, 0.1) is 17.3 Å². The molecule has 17 heavy (non-hydrogen) atoms. The van der Waals surface area contributed by atoms with Gasteiger partial charge in [-0.25, -0.2) is 0 Å². The Morgan fingerprint density at radius 2 is 2.18 bits per heavy atom. The largest absolute Gasteiger partial charge is 0.365 e. The predicted molar refractivity (Wildman–Crippen MR) is 72.2 cm³/mol. The van der Waals surface area contributed by atoms with Crippen LogP contribution in [0.5, 0.6) is 0 Å². The van der Waals surface area contributed by atoms with Gasteiger partial charge in [-0.2, -0.15) is 0 Å². The van der Waals surface area contributed by atoms with Crippen LogP contribution in [0.15, 0.2) is 0 Å². The van der Waals surface area contributed by atoms with Crippen molar-refractivity contribution in [3.63, 3.8) is 0 Å². The van der Waals surface area contributed by atoms with Gasteiger partial charge in [-0.3, -0.25) is 0 Å². The third-order valence-corrected chi connectivity index (χ3v) is 5.33. The van der Waals surface area contributed by atoms with Crippen molar-refractivity contribution < 1.29 is 9.47 Å². The summed E-state index contributed by atoms with van der Waals surface area (Å²) in [6.45, 7) is 8.98. The average Bonchev–Trinajstić information content (AvgIpc) is 2.67. The van der Waals surface area contributed by atoms with Gasteiger partial charge in [-0.05, 0) is 26.2 Å². The molecule has 0 N–H and O–H groups in total. The quantitative estimate of drug-likeness (QED) is 0.589. The van der Waals surface area contributed by atoms with Crippen molar-refractivity contribution in [2.45, 2.75) is 62.7 Å². The zero-order valence-corrected chi connectivity index (χ0v) is 12.6. The molecular formula is C14H21BrO2. The normalized spacial score (nSPS) is 43.9. The van der Waals surface area contributed by atoms with Crippen LogP contribution in [0.2, 0.25) is 0 Å². The van der Waals surface area contributed by atoms with Crippen molar-refractivity contribution in [1.82, 2.24) is 0 Å². The highest BCUT2D eigenvalue weighted by Gasteiger charge is 2.65. The van der Waals surface area contributed by atoms with E-state index in [-0.39, 0.29) is 17.3 Å². The molecule has 2 heterocycles. The molecule has 0 spiro atoms. The third-order valence-electron chi connectivity index (χ3n) is 4.23. The van der Waals surface area contributed by atoms with Crippen molar-refractivity contribution in [2.24, 2.45) is 5.92 Å². The molecule has 4 atom stereocenters. The first-order chi connectivity index (χ1) is 7.94. The summed E-state index contributed by atoms with van der Waals surface area (Å²) in [5.74, 6) is 6.33. The Labute approximate surface area is 113 Å². The van der Waals surface area contributed by atoms with Gasteiger partial charge < -0.3 is 9.47 Å². The fourth-order valence-electron chi connectivity index (χ4n) is 3.11. The Hall–Kier alpha value is -0.0400. The first kappa shape index (κ1) is 13.4. The lowest BCUT2D eigenvalue weighted by Gasteiger charge is -2.35. The first-order valence-corrected chi connectivity index (χ1v) is 7.21. The molecule has 2 aliphatic heterocycles. The van der Waals surface area contributed by atoms with Gasteiger partial charge in [-0.1, -0.05) is 35.7 Å². The molecule has 0 aliphatic carbocycles. The molecule has 0 saturated carbocycles. The number of alkyl halides is 1. The fraction of sp³-hybridized carbons (Fsp3) is 0.857. The lowest BCUT2D eigenvalue weighted by atomic mass is 9.75. The van der Waals surface area contributed by atoms with Crippen LogP contribution >= 0.6 is 15.9 Å². The number of fused-ring (bicyclic) bond motifs is 2. The number of ether oxygens (including phenoxy) is 2. The van der Waals surface area contributed by atoms with Crippen molar-refractivity contribution in [2.75, 3.05) is 6.61 Å². The van der Waals surface area contributed by atoms with Gasteiger partial charge in [-0.15, -0.1) is 5.92 Å². The van der Waals surface area contributed by atoms with Crippen LogP contribution in [-0.2, 0) is 9.47 Å². The van der Waals surface area contributed by atoms with Crippen LogP contribution in [0.4, 0.5) is 0 Å². The molecule has 2 nitrogen and oxygen atoms in total. The Kier molecular flexibility index (Phi) is 3.60. The fourth-order valence-corrected chi connectivity index (χ4v) is 4.56. The molecule has 0 amide bonds. The molecule has 2 fully saturated rings. The molecule has 0 aromatic rings. The molecule has 0 radical (unpaired) electrons. The van der Waals surface area contributed by atoms with Gasteiger partial charge in [0.1, 0.15) is 6.61 Å². The van der Waals surface area contributed by atoms with E-state index in [1.807, 2.05) is 6.92 Å². The molecule has 0 unspecified atom stereocenters. The van der Waals surface area contributed by atoms with Crippen molar-refractivity contribution in [3.05, 3.63) is 0 Å². The van der Waals surface area contributed by atoms with E-state index in [2.05, 4.69) is 48.5 Å². The van der Waals surface area contributed by atoms with E-state index in [9.17, 15) is 0 Å². The minimum absolute atomic E-state index is 0.0565. The minimum atomic E-state index is -0.145. The van der Waals surface area contributed by atoms with Gasteiger partial charge in [0.2, 0.25) is 0 Å². The monoisotopic (exact) mass is 300 g/mol. The number of hydrogen-bond donors (Lipinski definition) is 0. The molecule has 2 saturated heterocycles. The second-order valence-corrected chi connectivity index (χ2v) is 6.73. The second-order valence-electron chi connectivity index (χ2n) is 5.63. The smallest absolute Gasteiger partial charge is 0.108 e. The van der Waals surface area contributed by atoms with Crippen molar-refractivity contribution in [1.29, 1.82) is 0 Å². The predicted octanol–water partition coefficient (Wildman–Crippen LogP) is 3.14. The SMILES string of the molecule is CC#CCO[C@H]1C[C@@]2(C(C)C)O[C@]1(C)C[C@H]2Br. The molecular weight excluding hydrogens is 280 g/mol. The van der Waals surface area contributed by atoms with E-state index in [4.69, 9.17) is 9.47 Å². The summed E-state index contributed by atoms with van der Waals surface area (Å²) in [7, 11) is 0. The third kappa shape index (κ3) is 2.05. The van der Waals surface area contributed by atoms with Crippen LogP contribution in [0.1, 0.15) is 40.5 Å². The highest BCUT2D eigenvalue weighted by Crippen LogP contribution is 2.57. The zero-order valence-electron chi connectivity index (χ0n) is 11.0. The summed E-state index contributed by atoms with van der Waals surface area (Å²) in [6, 6.07) is 0. The van der Waals surface area contributed by atoms with Crippen molar-refractivity contribution in [3.8, 4) is 11.8 Å². The van der Waals surface area contributed by atoms with Crippen molar-refractivity contribution >= 4 is 15.9 Å². The summed E-state index contributed by atoms with van der Waals surface area (Å²) in [5, 5.41) is 0. The topological polar surface area (TPSA) is 18.5 Å². The van der Waals surface area contributed by atoms with E-state index >= 15 is 0 Å². The standard InChI is InChI=1S/C14H21BrO2/c1-5-6-7-16-12-9-14(10(2)3)11(15)8-13(12,4)17-14/h10-12H,7-9H2,1-4H3/t11-,12+,13-,14+/m1/s1. The maximum Gasteiger partial charge on any atom is 0.108 e.